The zero-order valence-corrected chi connectivity index (χ0v) is 41.8. The summed E-state index contributed by atoms with van der Waals surface area (Å²) in [5, 5.41) is 5.63. The SMILES string of the molecule is N[Si](CCCCC(F)(F)C(F)(F)C(F)(F)C(F)(F)C(F)(F)C(F)(F)C(F)(F)C(F)(F)F)(CCCCC(F)(F)C(F)(F)C(F)(F)C(F)(F)C(F)(F)C(F)(F)C(F)(F)C(F)(F)F)CCCCC(F)(F)C(F)(F)C(F)(F)C(F)(F)C(F)(F)C(F)(F)C(F)(F)C(F)(F)F. The molecule has 0 aliphatic rings. The van der Waals surface area contributed by atoms with E-state index in [4.69, 9.17) is 5.40 Å². The Hall–Kier alpha value is -3.39. The molecule has 0 saturated carbocycles. The lowest BCUT2D eigenvalue weighted by atomic mass is 9.88. The van der Waals surface area contributed by atoms with Crippen molar-refractivity contribution < 1.29 is 224 Å². The van der Waals surface area contributed by atoms with Gasteiger partial charge in [0.25, 0.3) is 0 Å². The Morgan fingerprint density at radius 2 is 0.270 bits per heavy atom. The second-order valence-corrected chi connectivity index (χ2v) is 23.2. The Labute approximate surface area is 457 Å². The van der Waals surface area contributed by atoms with Crippen LogP contribution in [0.15, 0.2) is 0 Å². The molecular formula is C36H26F51NSi. The summed E-state index contributed by atoms with van der Waals surface area (Å²) >= 11 is 0. The summed E-state index contributed by atoms with van der Waals surface area (Å²) in [5.41, 5.74) is 0. The third-order valence-electron chi connectivity index (χ3n) is 12.6. The molecule has 0 radical (unpaired) electrons. The van der Waals surface area contributed by atoms with Crippen molar-refractivity contribution in [2.45, 2.75) is 219 Å². The molecule has 0 aliphatic heterocycles. The number of nitrogens with two attached hydrogens (primary N) is 1. The van der Waals surface area contributed by atoms with Crippen LogP contribution in [0.3, 0.4) is 0 Å². The number of halogens is 51. The van der Waals surface area contributed by atoms with E-state index in [0.717, 1.165) is 0 Å². The summed E-state index contributed by atoms with van der Waals surface area (Å²) in [7, 11) is -5.25. The van der Waals surface area contributed by atoms with Crippen LogP contribution in [0.5, 0.6) is 0 Å². The molecular weight excluding hydrogens is 1440 g/mol. The molecule has 53 heteroatoms. The normalized spacial score (nSPS) is 16.9. The van der Waals surface area contributed by atoms with Crippen LogP contribution in [0.4, 0.5) is 224 Å². The Morgan fingerprint density at radius 1 is 0.157 bits per heavy atom. The van der Waals surface area contributed by atoms with Gasteiger partial charge in [0.2, 0.25) is 0 Å². The van der Waals surface area contributed by atoms with Crippen LogP contribution in [0.25, 0.3) is 0 Å². The summed E-state index contributed by atoms with van der Waals surface area (Å²) in [6.07, 6.45) is -47.7. The monoisotopic (exact) mass is 1470 g/mol. The fourth-order valence-corrected chi connectivity index (χ4v) is 10.5. The minimum Gasteiger partial charge on any atom is -0.351 e. The van der Waals surface area contributed by atoms with Crippen molar-refractivity contribution in [2.75, 3.05) is 0 Å². The van der Waals surface area contributed by atoms with Crippen molar-refractivity contribution in [2.24, 2.45) is 5.40 Å². The first-order valence-electron chi connectivity index (χ1n) is 21.8. The Morgan fingerprint density at radius 3 is 0.393 bits per heavy atom. The standard InChI is InChI=1S/C36H26F51NSi/c37-13(38,16(43,44)19(49,50)22(55,56)25(61,62)28(67,68)31(73,74)34(79,80)81)7-1-4-10-89(88,11-5-2-8-14(39,40)17(45,46)20(51,52)23(57,58)26(63,64)29(69,70)32(75,76)35(82,83)84)12-6-3-9-15(41,42)18(47,48)21(53,54)24(59,60)27(65,66)30(71,72)33(77,78)36(85,86)87/h1-12,88H2. The van der Waals surface area contributed by atoms with E-state index in [0.29, 0.717) is 0 Å². The molecule has 0 amide bonds. The highest BCUT2D eigenvalue weighted by atomic mass is 28.3. The minimum atomic E-state index is -9.21. The zero-order valence-electron chi connectivity index (χ0n) is 40.8. The lowest BCUT2D eigenvalue weighted by Gasteiger charge is -2.43. The van der Waals surface area contributed by atoms with Gasteiger partial charge >= 0.3 is 143 Å². The van der Waals surface area contributed by atoms with Crippen LogP contribution in [0.2, 0.25) is 18.1 Å². The first kappa shape index (κ1) is 85.6. The topological polar surface area (TPSA) is 26.0 Å². The van der Waals surface area contributed by atoms with Gasteiger partial charge in [0.05, 0.1) is 0 Å². The first-order valence-corrected chi connectivity index (χ1v) is 24.5. The molecule has 536 valence electrons. The van der Waals surface area contributed by atoms with Gasteiger partial charge in [-0.1, -0.05) is 19.3 Å². The van der Waals surface area contributed by atoms with Crippen molar-refractivity contribution >= 4 is 8.24 Å². The van der Waals surface area contributed by atoms with Crippen molar-refractivity contribution in [3.8, 4) is 0 Å². The maximum absolute atomic E-state index is 14.5. The molecule has 0 aliphatic carbocycles. The zero-order chi connectivity index (χ0) is 73.0. The number of alkyl halides is 51. The van der Waals surface area contributed by atoms with Gasteiger partial charge in [0.1, 0.15) is 8.24 Å². The van der Waals surface area contributed by atoms with Gasteiger partial charge in [-0.2, -0.15) is 224 Å². The average molecular weight is 1470 g/mol. The molecule has 1 nitrogen and oxygen atoms in total. The van der Waals surface area contributed by atoms with Crippen molar-refractivity contribution in [1.29, 1.82) is 0 Å². The second-order valence-electron chi connectivity index (χ2n) is 18.9. The lowest BCUT2D eigenvalue weighted by molar-refractivity contribution is -0.461. The first-order chi connectivity index (χ1) is 37.9. The van der Waals surface area contributed by atoms with Gasteiger partial charge in [0.15, 0.2) is 0 Å². The summed E-state index contributed by atoms with van der Waals surface area (Å²) in [5.74, 6) is -183. The number of rotatable bonds is 33. The van der Waals surface area contributed by atoms with Gasteiger partial charge in [-0.05, 0) is 37.4 Å². The van der Waals surface area contributed by atoms with E-state index >= 15 is 0 Å². The van der Waals surface area contributed by atoms with Crippen LogP contribution in [-0.4, -0.2) is 151 Å². The molecule has 0 atom stereocenters. The van der Waals surface area contributed by atoms with Crippen LogP contribution < -0.4 is 5.40 Å². The summed E-state index contributed by atoms with van der Waals surface area (Å²) < 4.78 is 696. The number of unbranched alkanes of at least 4 members (excludes halogenated alkanes) is 3. The lowest BCUT2D eigenvalue weighted by Crippen LogP contribution is -2.74. The molecule has 0 bridgehead atoms. The highest BCUT2D eigenvalue weighted by Gasteiger charge is 2.98. The van der Waals surface area contributed by atoms with Gasteiger partial charge in [-0.25, -0.2) is 0 Å². The molecule has 0 aromatic heterocycles. The number of hydrogen-bond donors (Lipinski definition) is 1. The maximum atomic E-state index is 14.5. The van der Waals surface area contributed by atoms with E-state index in [1.54, 1.807) is 0 Å². The molecule has 0 heterocycles. The van der Waals surface area contributed by atoms with Crippen LogP contribution in [-0.2, 0) is 0 Å². The van der Waals surface area contributed by atoms with E-state index in [1.165, 1.54) is 0 Å². The molecule has 0 aromatic carbocycles. The van der Waals surface area contributed by atoms with Crippen LogP contribution >= 0.6 is 0 Å². The van der Waals surface area contributed by atoms with E-state index in [-0.39, 0.29) is 0 Å². The Bertz CT molecular complexity index is 2110. The molecule has 0 aromatic rings. The predicted molar refractivity (Wildman–Crippen MR) is 188 cm³/mol. The van der Waals surface area contributed by atoms with Crippen molar-refractivity contribution in [3.05, 3.63) is 0 Å². The van der Waals surface area contributed by atoms with Gasteiger partial charge in [-0.15, -0.1) is 0 Å². The highest BCUT2D eigenvalue weighted by molar-refractivity contribution is 6.76. The third kappa shape index (κ3) is 12.8. The molecule has 0 spiro atoms. The maximum Gasteiger partial charge on any atom is 0.460 e. The van der Waals surface area contributed by atoms with Crippen LogP contribution in [0, 0.1) is 0 Å². The summed E-state index contributed by atoms with van der Waals surface area (Å²) in [6.45, 7) is 0. The average Bonchev–Trinajstić information content (AvgIpc) is 3.30. The molecule has 0 fully saturated rings. The van der Waals surface area contributed by atoms with E-state index in [1.807, 2.05) is 0 Å². The third-order valence-corrected chi connectivity index (χ3v) is 16.7. The van der Waals surface area contributed by atoms with Gasteiger partial charge in [0, 0.05) is 19.3 Å². The van der Waals surface area contributed by atoms with E-state index < -0.39 is 227 Å². The van der Waals surface area contributed by atoms with E-state index in [9.17, 15) is 224 Å². The second kappa shape index (κ2) is 23.5. The fraction of sp³-hybridized carbons (Fsp3) is 1.00. The predicted octanol–water partition coefficient (Wildman–Crippen LogP) is 20.4. The molecule has 2 N–H and O–H groups in total. The van der Waals surface area contributed by atoms with Gasteiger partial charge in [-0.3, -0.25) is 0 Å². The van der Waals surface area contributed by atoms with Crippen molar-refractivity contribution in [1.82, 2.24) is 0 Å². The fourth-order valence-electron chi connectivity index (χ4n) is 6.91. The van der Waals surface area contributed by atoms with Gasteiger partial charge < -0.3 is 5.40 Å². The molecule has 0 rings (SSSR count). The Balaban J connectivity index is 7.37. The Kier molecular flexibility index (Phi) is 22.6. The quantitative estimate of drug-likeness (QED) is 0.0396. The minimum absolute atomic E-state index is 1.77. The number of hydrogen-bond acceptors (Lipinski definition) is 1. The largest absolute Gasteiger partial charge is 0.460 e. The van der Waals surface area contributed by atoms with Crippen LogP contribution in [0.1, 0.15) is 57.8 Å². The summed E-state index contributed by atoms with van der Waals surface area (Å²) in [6, 6.07) is -5.32. The highest BCUT2D eigenvalue weighted by Crippen LogP contribution is 2.68. The molecule has 0 saturated heterocycles. The smallest absolute Gasteiger partial charge is 0.351 e. The molecule has 89 heavy (non-hydrogen) atoms. The molecule has 0 unspecified atom stereocenters. The summed E-state index contributed by atoms with van der Waals surface area (Å²) in [4.78, 5) is 0. The van der Waals surface area contributed by atoms with E-state index in [2.05, 4.69) is 0 Å². The van der Waals surface area contributed by atoms with Crippen molar-refractivity contribution in [3.63, 3.8) is 0 Å².